The molecule has 2 aromatic rings. The van der Waals surface area contributed by atoms with Gasteiger partial charge in [-0.3, -0.25) is 4.79 Å². The zero-order valence-electron chi connectivity index (χ0n) is 13.9. The second kappa shape index (κ2) is 8.45. The van der Waals surface area contributed by atoms with E-state index in [-0.39, 0.29) is 5.91 Å². The molecular weight excluding hydrogens is 531 g/mol. The van der Waals surface area contributed by atoms with Crippen molar-refractivity contribution in [3.8, 4) is 11.5 Å². The number of nitrogens with zero attached hydrogens (tertiary/aromatic N) is 1. The topological polar surface area (TPSA) is 59.9 Å². The minimum absolute atomic E-state index is 0.171. The highest BCUT2D eigenvalue weighted by Crippen LogP contribution is 2.35. The van der Waals surface area contributed by atoms with Gasteiger partial charge in [-0.25, -0.2) is 4.99 Å². The van der Waals surface area contributed by atoms with Crippen molar-refractivity contribution in [2.75, 3.05) is 14.2 Å². The van der Waals surface area contributed by atoms with Crippen molar-refractivity contribution in [3.63, 3.8) is 0 Å². The van der Waals surface area contributed by atoms with E-state index in [0.29, 0.717) is 21.6 Å². The van der Waals surface area contributed by atoms with Crippen LogP contribution in [0.1, 0.15) is 5.56 Å². The first-order valence-corrected chi connectivity index (χ1v) is 10.2. The minimum atomic E-state index is -0.171. The lowest BCUT2D eigenvalue weighted by atomic mass is 10.2. The molecule has 3 rings (SSSR count). The van der Waals surface area contributed by atoms with Gasteiger partial charge in [-0.15, -0.1) is 0 Å². The first-order valence-electron chi connectivity index (χ1n) is 7.47. The Morgan fingerprint density at radius 2 is 1.92 bits per heavy atom. The zero-order valence-corrected chi connectivity index (χ0v) is 18.4. The molecule has 1 aliphatic rings. The highest BCUT2D eigenvalue weighted by molar-refractivity contribution is 14.1. The van der Waals surface area contributed by atoms with Crippen molar-refractivity contribution in [2.45, 2.75) is 0 Å². The molecule has 0 aliphatic carbocycles. The van der Waals surface area contributed by atoms with Crippen LogP contribution in [0.5, 0.6) is 11.5 Å². The normalized spacial score (nSPS) is 16.8. The predicted molar refractivity (Wildman–Crippen MR) is 117 cm³/mol. The fraction of sp³-hybridized carbons (Fsp3) is 0.111. The summed E-state index contributed by atoms with van der Waals surface area (Å²) in [6.45, 7) is 0. The SMILES string of the molecule is COc1cc(/C=C2\SC(=Nc3ccc(Br)cc3)NC2=O)cc(I)c1OC. The van der Waals surface area contributed by atoms with E-state index < -0.39 is 0 Å². The van der Waals surface area contributed by atoms with Gasteiger partial charge in [-0.05, 0) is 82.4 Å². The van der Waals surface area contributed by atoms with Crippen LogP contribution in [0.2, 0.25) is 0 Å². The van der Waals surface area contributed by atoms with Gasteiger partial charge >= 0.3 is 0 Å². The number of nitrogens with one attached hydrogen (secondary N) is 1. The van der Waals surface area contributed by atoms with Crippen LogP contribution in [-0.4, -0.2) is 25.3 Å². The van der Waals surface area contributed by atoms with E-state index >= 15 is 0 Å². The van der Waals surface area contributed by atoms with Gasteiger partial charge in [-0.1, -0.05) is 15.9 Å². The number of amides is 1. The summed E-state index contributed by atoms with van der Waals surface area (Å²) in [5.74, 6) is 1.13. The van der Waals surface area contributed by atoms with Crippen LogP contribution in [0.3, 0.4) is 0 Å². The number of amidine groups is 1. The van der Waals surface area contributed by atoms with Crippen LogP contribution in [0.15, 0.2) is 50.8 Å². The fourth-order valence-electron chi connectivity index (χ4n) is 2.29. The van der Waals surface area contributed by atoms with Crippen molar-refractivity contribution in [1.82, 2.24) is 5.32 Å². The Morgan fingerprint density at radius 1 is 1.19 bits per heavy atom. The van der Waals surface area contributed by atoms with Crippen molar-refractivity contribution < 1.29 is 14.3 Å². The molecule has 0 unspecified atom stereocenters. The summed E-state index contributed by atoms with van der Waals surface area (Å²) in [7, 11) is 3.19. The summed E-state index contributed by atoms with van der Waals surface area (Å²) < 4.78 is 12.6. The van der Waals surface area contributed by atoms with E-state index in [4.69, 9.17) is 9.47 Å². The first kappa shape index (κ1) is 19.2. The minimum Gasteiger partial charge on any atom is -0.493 e. The number of hydrogen-bond acceptors (Lipinski definition) is 5. The summed E-state index contributed by atoms with van der Waals surface area (Å²) in [6, 6.07) is 11.3. The van der Waals surface area contributed by atoms with Crippen molar-refractivity contribution >= 4 is 73.1 Å². The highest BCUT2D eigenvalue weighted by Gasteiger charge is 2.24. The molecule has 1 fully saturated rings. The Balaban J connectivity index is 1.87. The van der Waals surface area contributed by atoms with Crippen molar-refractivity contribution in [1.29, 1.82) is 0 Å². The van der Waals surface area contributed by atoms with Gasteiger partial charge in [0.2, 0.25) is 0 Å². The van der Waals surface area contributed by atoms with Crippen LogP contribution in [-0.2, 0) is 4.79 Å². The molecule has 1 amide bonds. The van der Waals surface area contributed by atoms with Gasteiger partial charge in [-0.2, -0.15) is 0 Å². The number of benzene rings is 2. The molecular formula is C18H14BrIN2O3S. The molecule has 1 saturated heterocycles. The lowest BCUT2D eigenvalue weighted by Gasteiger charge is -2.10. The third kappa shape index (κ3) is 4.41. The van der Waals surface area contributed by atoms with E-state index in [1.807, 2.05) is 42.5 Å². The third-order valence-corrected chi connectivity index (χ3v) is 5.70. The summed E-state index contributed by atoms with van der Waals surface area (Å²) in [5.41, 5.74) is 1.63. The number of rotatable bonds is 4. The zero-order chi connectivity index (χ0) is 18.7. The van der Waals surface area contributed by atoms with Gasteiger partial charge < -0.3 is 14.8 Å². The second-order valence-electron chi connectivity index (χ2n) is 5.20. The number of ether oxygens (including phenoxy) is 2. The maximum Gasteiger partial charge on any atom is 0.264 e. The number of carbonyl (C=O) groups excluding carboxylic acids is 1. The fourth-order valence-corrected chi connectivity index (χ4v) is 4.24. The molecule has 8 heteroatoms. The molecule has 26 heavy (non-hydrogen) atoms. The van der Waals surface area contributed by atoms with Crippen molar-refractivity contribution in [2.24, 2.45) is 4.99 Å². The van der Waals surface area contributed by atoms with Gasteiger partial charge in [0.05, 0.1) is 28.4 Å². The molecule has 0 spiro atoms. The third-order valence-electron chi connectivity index (χ3n) is 3.46. The van der Waals surface area contributed by atoms with Gasteiger partial charge in [0.15, 0.2) is 16.7 Å². The van der Waals surface area contributed by atoms with Crippen LogP contribution in [0.25, 0.3) is 6.08 Å². The Hall–Kier alpha value is -1.52. The highest BCUT2D eigenvalue weighted by atomic mass is 127. The molecule has 0 saturated carbocycles. The quantitative estimate of drug-likeness (QED) is 0.436. The monoisotopic (exact) mass is 544 g/mol. The smallest absolute Gasteiger partial charge is 0.264 e. The molecule has 1 heterocycles. The molecule has 134 valence electrons. The maximum absolute atomic E-state index is 12.2. The Bertz CT molecular complexity index is 913. The first-order chi connectivity index (χ1) is 12.5. The Labute approximate surface area is 177 Å². The lowest BCUT2D eigenvalue weighted by molar-refractivity contribution is -0.115. The number of hydrogen-bond donors (Lipinski definition) is 1. The van der Waals surface area contributed by atoms with E-state index in [0.717, 1.165) is 19.3 Å². The molecule has 0 bridgehead atoms. The molecule has 1 aliphatic heterocycles. The maximum atomic E-state index is 12.2. The number of carbonyl (C=O) groups is 1. The summed E-state index contributed by atoms with van der Waals surface area (Å²) in [4.78, 5) is 17.3. The number of aliphatic imine (C=N–C) groups is 1. The standard InChI is InChI=1S/C18H14BrIN2O3S/c1-24-14-8-10(7-13(20)16(14)25-2)9-15-17(23)22-18(26-15)21-12-5-3-11(19)4-6-12/h3-9H,1-2H3,(H,21,22,23)/b15-9-. The summed E-state index contributed by atoms with van der Waals surface area (Å²) in [6.07, 6.45) is 1.81. The Morgan fingerprint density at radius 3 is 2.58 bits per heavy atom. The number of thioether (sulfide) groups is 1. The van der Waals surface area contributed by atoms with Crippen molar-refractivity contribution in [3.05, 3.63) is 54.9 Å². The molecule has 5 nitrogen and oxygen atoms in total. The average Bonchev–Trinajstić information content (AvgIpc) is 2.95. The second-order valence-corrected chi connectivity index (χ2v) is 8.30. The van der Waals surface area contributed by atoms with Crippen LogP contribution < -0.4 is 14.8 Å². The molecule has 0 aromatic heterocycles. The van der Waals surface area contributed by atoms with E-state index in [1.54, 1.807) is 14.2 Å². The lowest BCUT2D eigenvalue weighted by Crippen LogP contribution is -2.19. The largest absolute Gasteiger partial charge is 0.493 e. The van der Waals surface area contributed by atoms with Crippen LogP contribution in [0.4, 0.5) is 5.69 Å². The molecule has 1 N–H and O–H groups in total. The molecule has 2 aromatic carbocycles. The molecule has 0 atom stereocenters. The van der Waals surface area contributed by atoms with Crippen LogP contribution >= 0.6 is 50.3 Å². The molecule has 0 radical (unpaired) electrons. The average molecular weight is 545 g/mol. The van der Waals surface area contributed by atoms with Crippen LogP contribution in [0, 0.1) is 3.57 Å². The van der Waals surface area contributed by atoms with E-state index in [1.165, 1.54) is 11.8 Å². The number of methoxy groups -OCH3 is 2. The van der Waals surface area contributed by atoms with E-state index in [2.05, 4.69) is 48.8 Å². The summed E-state index contributed by atoms with van der Waals surface area (Å²) in [5, 5.41) is 3.34. The Kier molecular flexibility index (Phi) is 6.25. The van der Waals surface area contributed by atoms with Gasteiger partial charge in [0, 0.05) is 4.47 Å². The predicted octanol–water partition coefficient (Wildman–Crippen LogP) is 4.96. The van der Waals surface area contributed by atoms with Gasteiger partial charge in [0.25, 0.3) is 5.91 Å². The van der Waals surface area contributed by atoms with Gasteiger partial charge in [0.1, 0.15) is 0 Å². The number of halogens is 2. The summed E-state index contributed by atoms with van der Waals surface area (Å²) >= 11 is 6.88. The van der Waals surface area contributed by atoms with E-state index in [9.17, 15) is 4.79 Å².